The van der Waals surface area contributed by atoms with Crippen molar-refractivity contribution in [3.63, 3.8) is 0 Å². The molecule has 1 amide bonds. The molecule has 18 heavy (non-hydrogen) atoms. The second kappa shape index (κ2) is 7.79. The third-order valence-electron chi connectivity index (χ3n) is 2.42. The van der Waals surface area contributed by atoms with Gasteiger partial charge in [-0.05, 0) is 31.0 Å². The highest BCUT2D eigenvalue weighted by molar-refractivity contribution is 5.94. The monoisotopic (exact) mass is 255 g/mol. The normalized spacial score (nSPS) is 10.4. The van der Waals surface area contributed by atoms with Gasteiger partial charge >= 0.3 is 0 Å². The van der Waals surface area contributed by atoms with Gasteiger partial charge in [0.15, 0.2) is 0 Å². The largest absolute Gasteiger partial charge is 0.394 e. The van der Waals surface area contributed by atoms with Crippen molar-refractivity contribution >= 4 is 5.91 Å². The Morgan fingerprint density at radius 2 is 2.22 bits per heavy atom. The van der Waals surface area contributed by atoms with Crippen LogP contribution in [0.2, 0.25) is 0 Å². The summed E-state index contributed by atoms with van der Waals surface area (Å²) in [6.07, 6.45) is 0.653. The summed E-state index contributed by atoms with van der Waals surface area (Å²) in [6, 6.07) is 4.40. The number of nitrogens with one attached hydrogen (secondary N) is 1. The van der Waals surface area contributed by atoms with Crippen LogP contribution in [-0.4, -0.2) is 37.4 Å². The molecule has 0 aliphatic rings. The first kappa shape index (κ1) is 14.6. The first-order chi connectivity index (χ1) is 8.65. The average molecular weight is 255 g/mol. The maximum atomic E-state index is 13.2. The van der Waals surface area contributed by atoms with E-state index in [0.717, 1.165) is 0 Å². The van der Waals surface area contributed by atoms with Crippen molar-refractivity contribution in [2.24, 2.45) is 0 Å². The zero-order chi connectivity index (χ0) is 13.4. The standard InChI is InChI=1S/C13H18FNO3/c1-10-3-4-11(9-12(10)14)13(17)15-5-2-7-18-8-6-16/h3-4,9,16H,2,5-8H2,1H3,(H,15,17). The van der Waals surface area contributed by atoms with Crippen molar-refractivity contribution in [3.05, 3.63) is 35.1 Å². The van der Waals surface area contributed by atoms with Crippen molar-refractivity contribution < 1.29 is 19.0 Å². The fourth-order valence-electron chi connectivity index (χ4n) is 1.38. The molecule has 0 radical (unpaired) electrons. The Kier molecular flexibility index (Phi) is 6.32. The highest BCUT2D eigenvalue weighted by Gasteiger charge is 2.07. The third kappa shape index (κ3) is 4.81. The zero-order valence-electron chi connectivity index (χ0n) is 10.4. The molecule has 0 fully saturated rings. The summed E-state index contributed by atoms with van der Waals surface area (Å²) in [6.45, 7) is 2.88. The smallest absolute Gasteiger partial charge is 0.251 e. The minimum absolute atomic E-state index is 0.00496. The van der Waals surface area contributed by atoms with E-state index in [-0.39, 0.29) is 18.3 Å². The van der Waals surface area contributed by atoms with E-state index >= 15 is 0 Å². The highest BCUT2D eigenvalue weighted by atomic mass is 19.1. The van der Waals surface area contributed by atoms with Crippen LogP contribution < -0.4 is 5.32 Å². The molecule has 0 aliphatic heterocycles. The van der Waals surface area contributed by atoms with Gasteiger partial charge in [0.1, 0.15) is 5.82 Å². The molecule has 100 valence electrons. The van der Waals surface area contributed by atoms with Crippen LogP contribution in [0.1, 0.15) is 22.3 Å². The Morgan fingerprint density at radius 1 is 1.44 bits per heavy atom. The lowest BCUT2D eigenvalue weighted by atomic mass is 10.1. The number of ether oxygens (including phenoxy) is 1. The molecule has 0 aliphatic carbocycles. The van der Waals surface area contributed by atoms with Gasteiger partial charge < -0.3 is 15.2 Å². The number of hydrogen-bond donors (Lipinski definition) is 2. The summed E-state index contributed by atoms with van der Waals surface area (Å²) in [5.41, 5.74) is 0.832. The summed E-state index contributed by atoms with van der Waals surface area (Å²) in [5, 5.41) is 11.2. The van der Waals surface area contributed by atoms with E-state index in [1.807, 2.05) is 0 Å². The molecule has 5 heteroatoms. The van der Waals surface area contributed by atoms with Crippen molar-refractivity contribution in [1.29, 1.82) is 0 Å². The van der Waals surface area contributed by atoms with E-state index in [2.05, 4.69) is 5.32 Å². The first-order valence-corrected chi connectivity index (χ1v) is 5.88. The molecule has 0 saturated carbocycles. The zero-order valence-corrected chi connectivity index (χ0v) is 10.4. The molecule has 4 nitrogen and oxygen atoms in total. The average Bonchev–Trinajstić information content (AvgIpc) is 2.36. The third-order valence-corrected chi connectivity index (χ3v) is 2.42. The second-order valence-corrected chi connectivity index (χ2v) is 3.91. The minimum atomic E-state index is -0.381. The predicted octanol–water partition coefficient (Wildman–Crippen LogP) is 1.26. The van der Waals surface area contributed by atoms with Gasteiger partial charge in [0.2, 0.25) is 0 Å². The molecule has 2 N–H and O–H groups in total. The van der Waals surface area contributed by atoms with Crippen LogP contribution in [0.4, 0.5) is 4.39 Å². The molecular formula is C13H18FNO3. The number of aliphatic hydroxyl groups is 1. The number of aryl methyl sites for hydroxylation is 1. The number of carbonyl (C=O) groups excluding carboxylic acids is 1. The predicted molar refractivity (Wildman–Crippen MR) is 66.0 cm³/mol. The van der Waals surface area contributed by atoms with Crippen LogP contribution in [-0.2, 0) is 4.74 Å². The lowest BCUT2D eigenvalue weighted by molar-refractivity contribution is 0.0867. The van der Waals surface area contributed by atoms with E-state index in [1.165, 1.54) is 6.07 Å². The van der Waals surface area contributed by atoms with Crippen molar-refractivity contribution in [2.75, 3.05) is 26.4 Å². The Labute approximate surface area is 106 Å². The van der Waals surface area contributed by atoms with E-state index in [4.69, 9.17) is 9.84 Å². The van der Waals surface area contributed by atoms with Gasteiger partial charge in [0.05, 0.1) is 13.2 Å². The van der Waals surface area contributed by atoms with E-state index in [9.17, 15) is 9.18 Å². The Morgan fingerprint density at radius 3 is 2.89 bits per heavy atom. The van der Waals surface area contributed by atoms with Crippen molar-refractivity contribution in [1.82, 2.24) is 5.32 Å². The number of aliphatic hydroxyl groups excluding tert-OH is 1. The molecule has 1 aromatic rings. The second-order valence-electron chi connectivity index (χ2n) is 3.91. The number of rotatable bonds is 7. The molecule has 1 rings (SSSR count). The Bertz CT molecular complexity index is 396. The molecule has 0 spiro atoms. The molecule has 0 bridgehead atoms. The van der Waals surface area contributed by atoms with Crippen LogP contribution in [0.15, 0.2) is 18.2 Å². The van der Waals surface area contributed by atoms with Gasteiger partial charge in [0, 0.05) is 18.7 Å². The summed E-state index contributed by atoms with van der Waals surface area (Å²) in [7, 11) is 0. The fraction of sp³-hybridized carbons (Fsp3) is 0.462. The molecule has 1 aromatic carbocycles. The summed E-state index contributed by atoms with van der Waals surface area (Å²) in [5.74, 6) is -0.676. The lowest BCUT2D eigenvalue weighted by Crippen LogP contribution is -2.25. The number of hydrogen-bond acceptors (Lipinski definition) is 3. The summed E-state index contributed by atoms with van der Waals surface area (Å²) in [4.78, 5) is 11.6. The number of benzene rings is 1. The van der Waals surface area contributed by atoms with Crippen LogP contribution in [0.5, 0.6) is 0 Å². The number of amides is 1. The Balaban J connectivity index is 2.30. The lowest BCUT2D eigenvalue weighted by Gasteiger charge is -2.06. The van der Waals surface area contributed by atoms with Gasteiger partial charge in [-0.1, -0.05) is 6.07 Å². The van der Waals surface area contributed by atoms with Gasteiger partial charge in [-0.3, -0.25) is 4.79 Å². The number of carbonyl (C=O) groups is 1. The molecule has 0 heterocycles. The Hall–Kier alpha value is -1.46. The van der Waals surface area contributed by atoms with Crippen molar-refractivity contribution in [3.8, 4) is 0 Å². The maximum absolute atomic E-state index is 13.2. The van der Waals surface area contributed by atoms with Gasteiger partial charge in [-0.15, -0.1) is 0 Å². The summed E-state index contributed by atoms with van der Waals surface area (Å²) >= 11 is 0. The topological polar surface area (TPSA) is 58.6 Å². The first-order valence-electron chi connectivity index (χ1n) is 5.88. The van der Waals surface area contributed by atoms with Gasteiger partial charge in [-0.25, -0.2) is 4.39 Å². The van der Waals surface area contributed by atoms with Crippen LogP contribution in [0.3, 0.4) is 0 Å². The quantitative estimate of drug-likeness (QED) is 0.721. The van der Waals surface area contributed by atoms with E-state index in [0.29, 0.717) is 37.3 Å². The van der Waals surface area contributed by atoms with Gasteiger partial charge in [0.25, 0.3) is 5.91 Å². The highest BCUT2D eigenvalue weighted by Crippen LogP contribution is 2.08. The van der Waals surface area contributed by atoms with Crippen LogP contribution in [0, 0.1) is 12.7 Å². The molecular weight excluding hydrogens is 237 g/mol. The van der Waals surface area contributed by atoms with E-state index in [1.54, 1.807) is 19.1 Å². The molecule has 0 atom stereocenters. The van der Waals surface area contributed by atoms with Crippen LogP contribution >= 0.6 is 0 Å². The minimum Gasteiger partial charge on any atom is -0.394 e. The van der Waals surface area contributed by atoms with Crippen LogP contribution in [0.25, 0.3) is 0 Å². The number of halogens is 1. The van der Waals surface area contributed by atoms with Gasteiger partial charge in [-0.2, -0.15) is 0 Å². The SMILES string of the molecule is Cc1ccc(C(=O)NCCCOCCO)cc1F. The molecule has 0 aromatic heterocycles. The van der Waals surface area contributed by atoms with E-state index < -0.39 is 0 Å². The van der Waals surface area contributed by atoms with Crippen molar-refractivity contribution in [2.45, 2.75) is 13.3 Å². The molecule has 0 unspecified atom stereocenters. The summed E-state index contributed by atoms with van der Waals surface area (Å²) < 4.78 is 18.3. The fourth-order valence-corrected chi connectivity index (χ4v) is 1.38. The molecule has 0 saturated heterocycles. The maximum Gasteiger partial charge on any atom is 0.251 e.